The molecule has 1 saturated carbocycles. The summed E-state index contributed by atoms with van der Waals surface area (Å²) in [5, 5.41) is 10.6. The number of aliphatic hydroxyl groups is 1. The molecule has 2 nitrogen and oxygen atoms in total. The van der Waals surface area contributed by atoms with E-state index in [1.807, 2.05) is 0 Å². The average molecular weight is 233 g/mol. The van der Waals surface area contributed by atoms with Crippen molar-refractivity contribution < 1.29 is 5.11 Å². The number of hydrogen-bond acceptors (Lipinski definition) is 2. The molecule has 2 rings (SSSR count). The zero-order valence-electron chi connectivity index (χ0n) is 10.7. The van der Waals surface area contributed by atoms with E-state index < -0.39 is 5.60 Å². The highest BCUT2D eigenvalue weighted by molar-refractivity contribution is 5.27. The second-order valence-electron chi connectivity index (χ2n) is 5.32. The van der Waals surface area contributed by atoms with E-state index in [0.717, 1.165) is 37.7 Å². The molecule has 0 spiro atoms. The van der Waals surface area contributed by atoms with E-state index in [4.69, 9.17) is 5.73 Å². The minimum Gasteiger partial charge on any atom is -0.385 e. The second kappa shape index (κ2) is 5.19. The van der Waals surface area contributed by atoms with E-state index >= 15 is 0 Å². The third-order valence-electron chi connectivity index (χ3n) is 3.89. The number of rotatable bonds is 3. The Kier molecular flexibility index (Phi) is 3.85. The molecule has 1 aliphatic carbocycles. The number of nitrogens with two attached hydrogens (primary N) is 1. The molecule has 1 aliphatic rings. The van der Waals surface area contributed by atoms with Gasteiger partial charge in [0.2, 0.25) is 0 Å². The van der Waals surface area contributed by atoms with Crippen LogP contribution in [0.5, 0.6) is 0 Å². The van der Waals surface area contributed by atoms with Crippen molar-refractivity contribution >= 4 is 0 Å². The molecule has 94 valence electrons. The fourth-order valence-corrected chi connectivity index (χ4v) is 2.68. The second-order valence-corrected chi connectivity index (χ2v) is 5.32. The summed E-state index contributed by atoms with van der Waals surface area (Å²) in [5.74, 6) is 0. The molecule has 0 unspecified atom stereocenters. The van der Waals surface area contributed by atoms with Crippen molar-refractivity contribution in [3.05, 3.63) is 35.4 Å². The average Bonchev–Trinajstić information content (AvgIpc) is 2.35. The van der Waals surface area contributed by atoms with Crippen molar-refractivity contribution in [3.8, 4) is 0 Å². The summed E-state index contributed by atoms with van der Waals surface area (Å²) in [4.78, 5) is 0. The largest absolute Gasteiger partial charge is 0.385 e. The van der Waals surface area contributed by atoms with Gasteiger partial charge in [-0.15, -0.1) is 0 Å². The number of benzene rings is 1. The predicted octanol–water partition coefficient (Wildman–Crippen LogP) is 2.73. The van der Waals surface area contributed by atoms with Gasteiger partial charge in [-0.25, -0.2) is 0 Å². The lowest BCUT2D eigenvalue weighted by atomic mass is 9.78. The zero-order chi connectivity index (χ0) is 12.3. The SMILES string of the molecule is CCCc1ccc(C2(O)CCC(N)CC2)cc1. The Morgan fingerprint density at radius 1 is 1.24 bits per heavy atom. The molecule has 0 saturated heterocycles. The highest BCUT2D eigenvalue weighted by Gasteiger charge is 2.33. The maximum Gasteiger partial charge on any atom is 0.0897 e. The van der Waals surface area contributed by atoms with Gasteiger partial charge in [0.1, 0.15) is 0 Å². The molecule has 0 aromatic heterocycles. The zero-order valence-corrected chi connectivity index (χ0v) is 10.7. The molecule has 2 heteroatoms. The van der Waals surface area contributed by atoms with Crippen LogP contribution in [-0.2, 0) is 12.0 Å². The topological polar surface area (TPSA) is 46.2 Å². The van der Waals surface area contributed by atoms with Crippen molar-refractivity contribution in [1.82, 2.24) is 0 Å². The first-order chi connectivity index (χ1) is 8.14. The minimum atomic E-state index is -0.638. The van der Waals surface area contributed by atoms with E-state index in [9.17, 15) is 5.11 Å². The standard InChI is InChI=1S/C15H23NO/c1-2-3-12-4-6-13(7-5-12)15(17)10-8-14(16)9-11-15/h4-7,14,17H,2-3,8-11,16H2,1H3. The Bertz CT molecular complexity index is 350. The molecule has 17 heavy (non-hydrogen) atoms. The summed E-state index contributed by atoms with van der Waals surface area (Å²) in [6.45, 7) is 2.18. The minimum absolute atomic E-state index is 0.273. The number of aryl methyl sites for hydroxylation is 1. The first kappa shape index (κ1) is 12.6. The third-order valence-corrected chi connectivity index (χ3v) is 3.89. The Morgan fingerprint density at radius 3 is 2.35 bits per heavy atom. The van der Waals surface area contributed by atoms with E-state index in [0.29, 0.717) is 0 Å². The molecule has 0 atom stereocenters. The van der Waals surface area contributed by atoms with Gasteiger partial charge in [0, 0.05) is 6.04 Å². The Hall–Kier alpha value is -0.860. The Labute approximate surface area is 104 Å². The first-order valence-corrected chi connectivity index (χ1v) is 6.71. The van der Waals surface area contributed by atoms with Crippen molar-refractivity contribution in [2.45, 2.75) is 57.1 Å². The smallest absolute Gasteiger partial charge is 0.0897 e. The molecule has 0 amide bonds. The summed E-state index contributed by atoms with van der Waals surface area (Å²) in [7, 11) is 0. The molecule has 0 heterocycles. The first-order valence-electron chi connectivity index (χ1n) is 6.71. The van der Waals surface area contributed by atoms with E-state index in [-0.39, 0.29) is 6.04 Å². The highest BCUT2D eigenvalue weighted by atomic mass is 16.3. The van der Waals surface area contributed by atoms with E-state index in [2.05, 4.69) is 31.2 Å². The van der Waals surface area contributed by atoms with Gasteiger partial charge in [0.15, 0.2) is 0 Å². The molecular weight excluding hydrogens is 210 g/mol. The van der Waals surface area contributed by atoms with E-state index in [1.54, 1.807) is 0 Å². The van der Waals surface area contributed by atoms with Crippen molar-refractivity contribution in [2.24, 2.45) is 5.73 Å². The molecule has 1 aromatic rings. The lowest BCUT2D eigenvalue weighted by Gasteiger charge is -2.35. The van der Waals surface area contributed by atoms with Crippen LogP contribution in [0, 0.1) is 0 Å². The van der Waals surface area contributed by atoms with Crippen LogP contribution in [0.25, 0.3) is 0 Å². The van der Waals surface area contributed by atoms with Gasteiger partial charge >= 0.3 is 0 Å². The summed E-state index contributed by atoms with van der Waals surface area (Å²) in [6.07, 6.45) is 5.71. The van der Waals surface area contributed by atoms with Gasteiger partial charge in [0.25, 0.3) is 0 Å². The fourth-order valence-electron chi connectivity index (χ4n) is 2.68. The van der Waals surface area contributed by atoms with Gasteiger partial charge in [-0.05, 0) is 43.2 Å². The van der Waals surface area contributed by atoms with Crippen molar-refractivity contribution in [2.75, 3.05) is 0 Å². The summed E-state index contributed by atoms with van der Waals surface area (Å²) in [5.41, 5.74) is 7.66. The van der Waals surface area contributed by atoms with Gasteiger partial charge in [0.05, 0.1) is 5.60 Å². The quantitative estimate of drug-likeness (QED) is 0.843. The number of hydrogen-bond donors (Lipinski definition) is 2. The maximum atomic E-state index is 10.6. The highest BCUT2D eigenvalue weighted by Crippen LogP contribution is 2.36. The van der Waals surface area contributed by atoms with Gasteiger partial charge < -0.3 is 10.8 Å². The van der Waals surface area contributed by atoms with Crippen LogP contribution < -0.4 is 5.73 Å². The van der Waals surface area contributed by atoms with Crippen LogP contribution >= 0.6 is 0 Å². The van der Waals surface area contributed by atoms with Crippen molar-refractivity contribution in [1.29, 1.82) is 0 Å². The van der Waals surface area contributed by atoms with Crippen LogP contribution in [-0.4, -0.2) is 11.1 Å². The van der Waals surface area contributed by atoms with Crippen LogP contribution in [0.15, 0.2) is 24.3 Å². The van der Waals surface area contributed by atoms with Crippen LogP contribution in [0.4, 0.5) is 0 Å². The monoisotopic (exact) mass is 233 g/mol. The van der Waals surface area contributed by atoms with Crippen molar-refractivity contribution in [3.63, 3.8) is 0 Å². The third kappa shape index (κ3) is 2.88. The lowest BCUT2D eigenvalue weighted by molar-refractivity contribution is -0.00497. The van der Waals surface area contributed by atoms with Crippen LogP contribution in [0.1, 0.15) is 50.2 Å². The predicted molar refractivity (Wildman–Crippen MR) is 70.8 cm³/mol. The Morgan fingerprint density at radius 2 is 1.82 bits per heavy atom. The maximum absolute atomic E-state index is 10.6. The summed E-state index contributed by atoms with van der Waals surface area (Å²) in [6, 6.07) is 8.73. The fraction of sp³-hybridized carbons (Fsp3) is 0.600. The van der Waals surface area contributed by atoms with Gasteiger partial charge in [-0.2, -0.15) is 0 Å². The molecule has 1 aromatic carbocycles. The normalized spacial score (nSPS) is 29.2. The van der Waals surface area contributed by atoms with Crippen LogP contribution in [0.3, 0.4) is 0 Å². The Balaban J connectivity index is 2.10. The van der Waals surface area contributed by atoms with Gasteiger partial charge in [-0.3, -0.25) is 0 Å². The molecule has 1 fully saturated rings. The summed E-state index contributed by atoms with van der Waals surface area (Å²) >= 11 is 0. The van der Waals surface area contributed by atoms with E-state index in [1.165, 1.54) is 12.0 Å². The molecule has 0 bridgehead atoms. The van der Waals surface area contributed by atoms with Gasteiger partial charge in [-0.1, -0.05) is 37.6 Å². The summed E-state index contributed by atoms with van der Waals surface area (Å²) < 4.78 is 0. The van der Waals surface area contributed by atoms with Crippen LogP contribution in [0.2, 0.25) is 0 Å². The molecular formula is C15H23NO. The lowest BCUT2D eigenvalue weighted by Crippen LogP contribution is -2.36. The molecule has 3 N–H and O–H groups in total. The molecule has 0 aliphatic heterocycles. The molecule has 0 radical (unpaired) electrons.